The van der Waals surface area contributed by atoms with E-state index in [1.807, 2.05) is 26.2 Å². The van der Waals surface area contributed by atoms with Gasteiger partial charge in [0.05, 0.1) is 10.6 Å². The Morgan fingerprint density at radius 2 is 2.09 bits per heavy atom. The number of hydrogen-bond donors (Lipinski definition) is 1. The predicted octanol–water partition coefficient (Wildman–Crippen LogP) is 3.37. The van der Waals surface area contributed by atoms with Crippen molar-refractivity contribution in [2.24, 2.45) is 0 Å². The zero-order valence-corrected chi connectivity index (χ0v) is 13.8. The van der Waals surface area contributed by atoms with E-state index >= 15 is 0 Å². The van der Waals surface area contributed by atoms with Crippen LogP contribution >= 0.6 is 11.3 Å². The van der Waals surface area contributed by atoms with Crippen LogP contribution in [0, 0.1) is 10.1 Å². The van der Waals surface area contributed by atoms with Crippen LogP contribution in [0.4, 0.5) is 10.8 Å². The van der Waals surface area contributed by atoms with Crippen LogP contribution in [0.5, 0.6) is 5.75 Å². The first-order valence-corrected chi connectivity index (χ1v) is 7.77. The number of carbonyl (C=O) groups excluding carboxylic acids is 1. The molecule has 0 aliphatic heterocycles. The minimum atomic E-state index is -0.552. The Morgan fingerprint density at radius 1 is 1.39 bits per heavy atom. The molecule has 0 radical (unpaired) electrons. The molecule has 1 aromatic carbocycles. The molecule has 2 aromatic rings. The van der Waals surface area contributed by atoms with E-state index in [0.29, 0.717) is 5.13 Å². The van der Waals surface area contributed by atoms with Gasteiger partial charge >= 0.3 is 5.69 Å². The van der Waals surface area contributed by atoms with Crippen molar-refractivity contribution in [1.29, 1.82) is 0 Å². The highest BCUT2D eigenvalue weighted by molar-refractivity contribution is 7.13. The highest BCUT2D eigenvalue weighted by Crippen LogP contribution is 2.27. The van der Waals surface area contributed by atoms with E-state index < -0.39 is 10.8 Å². The number of nitro groups is 1. The summed E-state index contributed by atoms with van der Waals surface area (Å²) in [5.41, 5.74) is 0.614. The van der Waals surface area contributed by atoms with Crippen molar-refractivity contribution < 1.29 is 14.5 Å². The quantitative estimate of drug-likeness (QED) is 0.668. The number of thiazole rings is 1. The molecular formula is C15H17N3O4S. The molecule has 0 atom stereocenters. The molecule has 0 unspecified atom stereocenters. The lowest BCUT2D eigenvalue weighted by molar-refractivity contribution is -0.385. The van der Waals surface area contributed by atoms with Crippen molar-refractivity contribution in [1.82, 2.24) is 4.98 Å². The normalized spacial score (nSPS) is 11.1. The van der Waals surface area contributed by atoms with Gasteiger partial charge in [-0.2, -0.15) is 0 Å². The number of anilines is 1. The smallest absolute Gasteiger partial charge is 0.310 e. The standard InChI is InChI=1S/C15H17N3O4S/c1-15(2,3)12-9-23-14(16-12)17-13(19)8-22-11-7-5-4-6-10(11)18(20)21/h4-7,9H,8H2,1-3H3,(H,16,17,19). The first-order valence-electron chi connectivity index (χ1n) is 6.89. The summed E-state index contributed by atoms with van der Waals surface area (Å²) >= 11 is 1.33. The Balaban J connectivity index is 1.96. The fraction of sp³-hybridized carbons (Fsp3) is 0.333. The Kier molecular flexibility index (Phi) is 4.95. The molecule has 23 heavy (non-hydrogen) atoms. The van der Waals surface area contributed by atoms with Gasteiger partial charge in [-0.3, -0.25) is 20.2 Å². The number of hydrogen-bond acceptors (Lipinski definition) is 6. The van der Waals surface area contributed by atoms with Crippen LogP contribution in [0.2, 0.25) is 0 Å². The molecule has 1 N–H and O–H groups in total. The van der Waals surface area contributed by atoms with E-state index in [9.17, 15) is 14.9 Å². The van der Waals surface area contributed by atoms with E-state index in [1.165, 1.54) is 29.5 Å². The van der Waals surface area contributed by atoms with Gasteiger partial charge in [0.1, 0.15) is 0 Å². The van der Waals surface area contributed by atoms with Crippen molar-refractivity contribution in [2.75, 3.05) is 11.9 Å². The molecule has 8 heteroatoms. The number of amides is 1. The summed E-state index contributed by atoms with van der Waals surface area (Å²) in [6, 6.07) is 5.92. The molecule has 0 aliphatic rings. The summed E-state index contributed by atoms with van der Waals surface area (Å²) < 4.78 is 5.23. The van der Waals surface area contributed by atoms with Gasteiger partial charge in [-0.15, -0.1) is 11.3 Å². The minimum absolute atomic E-state index is 0.0576. The van der Waals surface area contributed by atoms with Crippen molar-refractivity contribution in [3.63, 3.8) is 0 Å². The fourth-order valence-corrected chi connectivity index (χ4v) is 2.66. The lowest BCUT2D eigenvalue weighted by Crippen LogP contribution is -2.20. The summed E-state index contributed by atoms with van der Waals surface area (Å²) in [5, 5.41) is 15.9. The van der Waals surface area contributed by atoms with Crippen LogP contribution in [-0.2, 0) is 10.2 Å². The van der Waals surface area contributed by atoms with E-state index in [2.05, 4.69) is 10.3 Å². The highest BCUT2D eigenvalue weighted by Gasteiger charge is 2.19. The number of nitrogens with zero attached hydrogens (tertiary/aromatic N) is 2. The molecule has 122 valence electrons. The predicted molar refractivity (Wildman–Crippen MR) is 88.0 cm³/mol. The number of ether oxygens (including phenoxy) is 1. The van der Waals surface area contributed by atoms with Crippen LogP contribution in [-0.4, -0.2) is 22.4 Å². The van der Waals surface area contributed by atoms with Crippen molar-refractivity contribution in [2.45, 2.75) is 26.2 Å². The number of rotatable bonds is 5. The van der Waals surface area contributed by atoms with E-state index in [1.54, 1.807) is 6.07 Å². The Morgan fingerprint density at radius 3 is 2.70 bits per heavy atom. The van der Waals surface area contributed by atoms with Crippen molar-refractivity contribution in [3.05, 3.63) is 45.5 Å². The first-order chi connectivity index (χ1) is 10.8. The zero-order valence-electron chi connectivity index (χ0n) is 13.0. The number of nitrogens with one attached hydrogen (secondary N) is 1. The maximum Gasteiger partial charge on any atom is 0.310 e. The summed E-state index contributed by atoms with van der Waals surface area (Å²) in [4.78, 5) is 26.6. The van der Waals surface area contributed by atoms with Crippen LogP contribution in [0.25, 0.3) is 0 Å². The molecular weight excluding hydrogens is 318 g/mol. The first kappa shape index (κ1) is 16.9. The van der Waals surface area contributed by atoms with E-state index in [0.717, 1.165) is 5.69 Å². The topological polar surface area (TPSA) is 94.4 Å². The molecule has 0 saturated carbocycles. The Bertz CT molecular complexity index is 722. The molecule has 7 nitrogen and oxygen atoms in total. The summed E-state index contributed by atoms with van der Waals surface area (Å²) in [6.07, 6.45) is 0. The largest absolute Gasteiger partial charge is 0.477 e. The van der Waals surface area contributed by atoms with Crippen LogP contribution < -0.4 is 10.1 Å². The SMILES string of the molecule is CC(C)(C)c1csc(NC(=O)COc2ccccc2[N+](=O)[O-])n1. The third-order valence-electron chi connectivity index (χ3n) is 2.94. The second-order valence-electron chi connectivity index (χ2n) is 5.85. The third-order valence-corrected chi connectivity index (χ3v) is 3.70. The summed E-state index contributed by atoms with van der Waals surface area (Å²) in [6.45, 7) is 5.77. The van der Waals surface area contributed by atoms with Crippen LogP contribution in [0.15, 0.2) is 29.6 Å². The maximum atomic E-state index is 11.9. The third kappa shape index (κ3) is 4.49. The molecule has 2 rings (SSSR count). The number of aromatic nitrogens is 1. The number of benzene rings is 1. The molecule has 0 fully saturated rings. The van der Waals surface area contributed by atoms with Crippen LogP contribution in [0.3, 0.4) is 0 Å². The van der Waals surface area contributed by atoms with Gasteiger partial charge in [0, 0.05) is 16.9 Å². The molecule has 1 amide bonds. The Hall–Kier alpha value is -2.48. The molecule has 0 bridgehead atoms. The monoisotopic (exact) mass is 335 g/mol. The fourth-order valence-electron chi connectivity index (χ4n) is 1.70. The molecule has 0 saturated heterocycles. The number of nitro benzene ring substituents is 1. The van der Waals surface area contributed by atoms with Gasteiger partial charge < -0.3 is 4.74 Å². The van der Waals surface area contributed by atoms with Gasteiger partial charge in [0.15, 0.2) is 17.5 Å². The zero-order chi connectivity index (χ0) is 17.0. The number of carbonyl (C=O) groups is 1. The van der Waals surface area contributed by atoms with Gasteiger partial charge in [0.2, 0.25) is 0 Å². The van der Waals surface area contributed by atoms with Gasteiger partial charge in [0.25, 0.3) is 5.91 Å². The summed E-state index contributed by atoms with van der Waals surface area (Å²) in [7, 11) is 0. The van der Waals surface area contributed by atoms with Crippen LogP contribution in [0.1, 0.15) is 26.5 Å². The molecule has 0 spiro atoms. The average molecular weight is 335 g/mol. The molecule has 1 aromatic heterocycles. The summed E-state index contributed by atoms with van der Waals surface area (Å²) in [5.74, 6) is -0.361. The average Bonchev–Trinajstić information content (AvgIpc) is 2.94. The second-order valence-corrected chi connectivity index (χ2v) is 6.71. The highest BCUT2D eigenvalue weighted by atomic mass is 32.1. The minimum Gasteiger partial charge on any atom is -0.477 e. The lowest BCUT2D eigenvalue weighted by atomic mass is 9.93. The number of para-hydroxylation sites is 2. The maximum absolute atomic E-state index is 11.9. The van der Waals surface area contributed by atoms with Gasteiger partial charge in [-0.05, 0) is 6.07 Å². The van der Waals surface area contributed by atoms with E-state index in [-0.39, 0.29) is 23.5 Å². The van der Waals surface area contributed by atoms with E-state index in [4.69, 9.17) is 4.74 Å². The molecule has 1 heterocycles. The Labute approximate surface area is 137 Å². The van der Waals surface area contributed by atoms with Gasteiger partial charge in [-0.25, -0.2) is 4.98 Å². The van der Waals surface area contributed by atoms with Crippen molar-refractivity contribution in [3.8, 4) is 5.75 Å². The second kappa shape index (κ2) is 6.74. The molecule has 0 aliphatic carbocycles. The lowest BCUT2D eigenvalue weighted by Gasteiger charge is -2.14. The van der Waals surface area contributed by atoms with Gasteiger partial charge in [-0.1, -0.05) is 32.9 Å². The van der Waals surface area contributed by atoms with Crippen molar-refractivity contribution >= 4 is 28.1 Å².